The Morgan fingerprint density at radius 2 is 0.654 bits per heavy atom. The topological polar surface area (TPSA) is 77.5 Å². The van der Waals surface area contributed by atoms with Crippen molar-refractivity contribution in [3.8, 4) is 11.1 Å². The predicted octanol–water partition coefficient (Wildman–Crippen LogP) is 11.5. The number of anilines is 6. The molecule has 0 spiro atoms. The number of hydrogen-bond donors (Lipinski definition) is 0. The van der Waals surface area contributed by atoms with Gasteiger partial charge in [-0.15, -0.1) is 0 Å². The van der Waals surface area contributed by atoms with Gasteiger partial charge in [-0.2, -0.15) is 0 Å². The first kappa shape index (κ1) is 35.3. The third kappa shape index (κ3) is 8.60. The van der Waals surface area contributed by atoms with Crippen LogP contribution in [0.2, 0.25) is 0 Å². The van der Waals surface area contributed by atoms with Gasteiger partial charge in [-0.05, 0) is 109 Å². The highest BCUT2D eigenvalue weighted by atomic mass is 16.7. The zero-order valence-corrected chi connectivity index (χ0v) is 29.6. The summed E-state index contributed by atoms with van der Waals surface area (Å²) in [6.07, 6.45) is -1.46. The minimum Gasteiger partial charge on any atom is -0.438 e. The number of hydrogen-bond acceptors (Lipinski definition) is 8. The molecule has 0 heterocycles. The number of benzene rings is 6. The fourth-order valence-electron chi connectivity index (χ4n) is 5.77. The van der Waals surface area contributed by atoms with Crippen molar-refractivity contribution in [1.82, 2.24) is 0 Å². The fraction of sp³-hybridized carbons (Fsp3) is 0.136. The van der Waals surface area contributed by atoms with Gasteiger partial charge in [-0.3, -0.25) is 0 Å². The van der Waals surface area contributed by atoms with E-state index >= 15 is 0 Å². The molecule has 0 aliphatic heterocycles. The van der Waals surface area contributed by atoms with E-state index in [0.717, 1.165) is 56.4 Å². The van der Waals surface area contributed by atoms with E-state index in [0.29, 0.717) is 0 Å². The van der Waals surface area contributed by atoms with E-state index in [2.05, 4.69) is 130 Å². The second kappa shape index (κ2) is 16.4. The normalized spacial score (nSPS) is 10.6. The molecule has 0 unspecified atom stereocenters. The monoisotopic (exact) mass is 692 g/mol. The molecule has 0 atom stereocenters. The Labute approximate surface area is 304 Å². The highest BCUT2D eigenvalue weighted by Crippen LogP contribution is 2.38. The van der Waals surface area contributed by atoms with Crippen molar-refractivity contribution in [3.05, 3.63) is 168 Å². The van der Waals surface area contributed by atoms with Gasteiger partial charge in [0.2, 0.25) is 0 Å². The van der Waals surface area contributed by atoms with E-state index in [1.54, 1.807) is 0 Å². The highest BCUT2D eigenvalue weighted by Gasteiger charge is 2.16. The van der Waals surface area contributed by atoms with Crippen molar-refractivity contribution >= 4 is 46.4 Å². The highest BCUT2D eigenvalue weighted by molar-refractivity contribution is 5.81. The maximum Gasteiger partial charge on any atom is 0.508 e. The lowest BCUT2D eigenvalue weighted by molar-refractivity contribution is 0.0660. The Hall–Kier alpha value is -6.54. The molecular formula is C44H40N2O6. The lowest BCUT2D eigenvalue weighted by Crippen LogP contribution is -2.11. The maximum absolute atomic E-state index is 11.5. The van der Waals surface area contributed by atoms with Crippen molar-refractivity contribution < 1.29 is 28.5 Å². The minimum atomic E-state index is -0.730. The summed E-state index contributed by atoms with van der Waals surface area (Å²) in [6, 6.07) is 49.8. The molecule has 0 aliphatic carbocycles. The van der Waals surface area contributed by atoms with Gasteiger partial charge in [0.1, 0.15) is 13.2 Å². The molecule has 0 radical (unpaired) electrons. The summed E-state index contributed by atoms with van der Waals surface area (Å²) in [5, 5.41) is 0. The Morgan fingerprint density at radius 1 is 0.404 bits per heavy atom. The maximum atomic E-state index is 11.5. The molecular weight excluding hydrogens is 652 g/mol. The van der Waals surface area contributed by atoms with Gasteiger partial charge in [0.25, 0.3) is 0 Å². The molecule has 0 saturated carbocycles. The van der Waals surface area contributed by atoms with Crippen LogP contribution in [0.25, 0.3) is 11.1 Å². The van der Waals surface area contributed by atoms with Crippen molar-refractivity contribution in [2.75, 3.05) is 24.0 Å². The molecule has 0 N–H and O–H groups in total. The first-order valence-electron chi connectivity index (χ1n) is 16.8. The Morgan fingerprint density at radius 3 is 0.923 bits per heavy atom. The number of carbonyl (C=O) groups excluding carboxylic acids is 2. The van der Waals surface area contributed by atoms with E-state index in [-0.39, 0.29) is 13.2 Å². The molecule has 0 aromatic heterocycles. The fourth-order valence-corrected chi connectivity index (χ4v) is 5.77. The lowest BCUT2D eigenvalue weighted by atomic mass is 10.0. The molecule has 6 aromatic rings. The van der Waals surface area contributed by atoms with Crippen LogP contribution in [0.4, 0.5) is 43.7 Å². The van der Waals surface area contributed by atoms with Gasteiger partial charge in [-0.25, -0.2) is 9.59 Å². The summed E-state index contributed by atoms with van der Waals surface area (Å²) in [7, 11) is 2.56. The van der Waals surface area contributed by atoms with Crippen LogP contribution in [0.15, 0.2) is 146 Å². The number of nitrogens with zero attached hydrogens (tertiary/aromatic N) is 2. The van der Waals surface area contributed by atoms with Crippen LogP contribution in [0, 0.1) is 13.8 Å². The van der Waals surface area contributed by atoms with Crippen LogP contribution in [0.5, 0.6) is 0 Å². The van der Waals surface area contributed by atoms with E-state index < -0.39 is 12.3 Å². The van der Waals surface area contributed by atoms with Crippen LogP contribution >= 0.6 is 0 Å². The first-order chi connectivity index (χ1) is 25.3. The molecule has 262 valence electrons. The number of rotatable bonds is 11. The van der Waals surface area contributed by atoms with Crippen molar-refractivity contribution in [1.29, 1.82) is 0 Å². The molecule has 52 heavy (non-hydrogen) atoms. The molecule has 0 saturated heterocycles. The van der Waals surface area contributed by atoms with Gasteiger partial charge >= 0.3 is 12.3 Å². The van der Waals surface area contributed by atoms with Crippen LogP contribution in [-0.2, 0) is 32.2 Å². The smallest absolute Gasteiger partial charge is 0.438 e. The number of ether oxygens (including phenoxy) is 4. The van der Waals surface area contributed by atoms with Crippen LogP contribution in [-0.4, -0.2) is 26.5 Å². The summed E-state index contributed by atoms with van der Waals surface area (Å²) >= 11 is 0. The van der Waals surface area contributed by atoms with Gasteiger partial charge in [-0.1, -0.05) is 83.9 Å². The van der Waals surface area contributed by atoms with Crippen LogP contribution in [0.1, 0.15) is 22.3 Å². The van der Waals surface area contributed by atoms with Gasteiger partial charge in [0, 0.05) is 34.1 Å². The quantitative estimate of drug-likeness (QED) is 0.124. The standard InChI is InChI=1S/C44H40N2O6/c1-31-5-17-37(18-6-31)45(38-19-7-32(2)8-20-38)41-25-13-35(14-26-41)36-15-27-42(28-16-36)46(39-21-9-33(10-22-39)29-51-43(47)49-3)40-23-11-34(12-24-40)30-52-44(48)50-4/h5-28H,29-30H2,1-4H3. The van der Waals surface area contributed by atoms with E-state index in [9.17, 15) is 9.59 Å². The average Bonchev–Trinajstić information content (AvgIpc) is 3.19. The second-order valence-electron chi connectivity index (χ2n) is 12.3. The number of methoxy groups -OCH3 is 2. The summed E-state index contributed by atoms with van der Waals surface area (Å²) in [5.41, 5.74) is 12.3. The molecule has 8 nitrogen and oxygen atoms in total. The molecule has 8 heteroatoms. The Balaban J connectivity index is 1.28. The molecule has 6 aromatic carbocycles. The number of aryl methyl sites for hydroxylation is 2. The lowest BCUT2D eigenvalue weighted by Gasteiger charge is -2.26. The molecule has 0 fully saturated rings. The zero-order chi connectivity index (χ0) is 36.5. The van der Waals surface area contributed by atoms with Crippen LogP contribution in [0.3, 0.4) is 0 Å². The third-order valence-corrected chi connectivity index (χ3v) is 8.60. The summed E-state index contributed by atoms with van der Waals surface area (Å²) in [6.45, 7) is 4.40. The molecule has 0 bridgehead atoms. The Kier molecular flexibility index (Phi) is 11.2. The van der Waals surface area contributed by atoms with Crippen molar-refractivity contribution in [2.24, 2.45) is 0 Å². The molecule has 0 amide bonds. The van der Waals surface area contributed by atoms with Crippen molar-refractivity contribution in [2.45, 2.75) is 27.1 Å². The molecule has 6 rings (SSSR count). The van der Waals surface area contributed by atoms with Gasteiger partial charge in [0.05, 0.1) is 14.2 Å². The van der Waals surface area contributed by atoms with Crippen LogP contribution < -0.4 is 9.80 Å². The van der Waals surface area contributed by atoms with E-state index in [4.69, 9.17) is 9.47 Å². The minimum absolute atomic E-state index is 0.100. The third-order valence-electron chi connectivity index (χ3n) is 8.60. The second-order valence-corrected chi connectivity index (χ2v) is 12.3. The predicted molar refractivity (Wildman–Crippen MR) is 205 cm³/mol. The molecule has 0 aliphatic rings. The van der Waals surface area contributed by atoms with Gasteiger partial charge in [0.15, 0.2) is 0 Å². The summed E-state index contributed by atoms with van der Waals surface area (Å²) in [4.78, 5) is 27.4. The number of carbonyl (C=O) groups is 2. The Bertz CT molecular complexity index is 1970. The first-order valence-corrected chi connectivity index (χ1v) is 16.8. The van der Waals surface area contributed by atoms with E-state index in [1.165, 1.54) is 25.3 Å². The zero-order valence-electron chi connectivity index (χ0n) is 29.6. The average molecular weight is 693 g/mol. The SMILES string of the molecule is COC(=O)OCc1ccc(N(c2ccc(COC(=O)OC)cc2)c2ccc(-c3ccc(N(c4ccc(C)cc4)c4ccc(C)cc4)cc3)cc2)cc1. The summed E-state index contributed by atoms with van der Waals surface area (Å²) < 4.78 is 19.4. The van der Waals surface area contributed by atoms with E-state index in [1.807, 2.05) is 48.5 Å². The van der Waals surface area contributed by atoms with Crippen molar-refractivity contribution in [3.63, 3.8) is 0 Å². The summed E-state index contributed by atoms with van der Waals surface area (Å²) in [5.74, 6) is 0. The largest absolute Gasteiger partial charge is 0.508 e. The van der Waals surface area contributed by atoms with Gasteiger partial charge < -0.3 is 28.7 Å².